The fourth-order valence-electron chi connectivity index (χ4n) is 4.03. The number of fused-ring (bicyclic) bond motifs is 1. The lowest BCUT2D eigenvalue weighted by molar-refractivity contribution is 0.0943. The van der Waals surface area contributed by atoms with Gasteiger partial charge in [0.05, 0.1) is 11.1 Å². The van der Waals surface area contributed by atoms with Crippen molar-refractivity contribution in [2.45, 2.75) is 31.7 Å². The molecule has 7 nitrogen and oxygen atoms in total. The van der Waals surface area contributed by atoms with E-state index in [4.69, 9.17) is 9.97 Å². The number of benzene rings is 1. The van der Waals surface area contributed by atoms with Gasteiger partial charge < -0.3 is 15.5 Å². The van der Waals surface area contributed by atoms with E-state index in [0.29, 0.717) is 30.0 Å². The molecule has 0 atom stereocenters. The quantitative estimate of drug-likeness (QED) is 0.546. The van der Waals surface area contributed by atoms with Crippen LogP contribution in [0.1, 0.15) is 36.0 Å². The van der Waals surface area contributed by atoms with Crippen LogP contribution in [0, 0.1) is 5.92 Å². The topological polar surface area (TPSA) is 83.0 Å². The summed E-state index contributed by atoms with van der Waals surface area (Å²) in [6.07, 6.45) is 7.45. The first kappa shape index (κ1) is 21.5. The van der Waals surface area contributed by atoms with Crippen LogP contribution in [0.3, 0.4) is 0 Å². The molecule has 2 aromatic heterocycles. The van der Waals surface area contributed by atoms with Crippen LogP contribution < -0.4 is 15.5 Å². The number of para-hydroxylation sites is 1. The summed E-state index contributed by atoms with van der Waals surface area (Å²) in [6, 6.07) is 10.2. The fourth-order valence-corrected chi connectivity index (χ4v) is 4.40. The Hall–Kier alpha value is -2.74. The van der Waals surface area contributed by atoms with Gasteiger partial charge in [-0.25, -0.2) is 4.98 Å². The monoisotopic (exact) mass is 482 g/mol. The van der Waals surface area contributed by atoms with Crippen LogP contribution in [-0.4, -0.2) is 47.5 Å². The number of hydrogen-bond donors (Lipinski definition) is 2. The maximum atomic E-state index is 12.3. The minimum absolute atomic E-state index is 0.0742. The number of halogens is 1. The predicted octanol–water partition coefficient (Wildman–Crippen LogP) is 4.25. The Kier molecular flexibility index (Phi) is 6.65. The first-order valence-electron chi connectivity index (χ1n) is 10.6. The van der Waals surface area contributed by atoms with E-state index in [0.717, 1.165) is 46.9 Å². The Morgan fingerprint density at radius 1 is 1.13 bits per heavy atom. The van der Waals surface area contributed by atoms with Gasteiger partial charge >= 0.3 is 0 Å². The highest BCUT2D eigenvalue weighted by Gasteiger charge is 2.23. The molecule has 3 aromatic rings. The van der Waals surface area contributed by atoms with E-state index in [1.165, 1.54) is 0 Å². The Bertz CT molecular complexity index is 1060. The van der Waals surface area contributed by atoms with Gasteiger partial charge in [0.25, 0.3) is 5.91 Å². The van der Waals surface area contributed by atoms with Gasteiger partial charge in [-0.05, 0) is 65.7 Å². The Balaban J connectivity index is 1.32. The molecule has 0 unspecified atom stereocenters. The maximum Gasteiger partial charge on any atom is 0.252 e. The zero-order valence-corrected chi connectivity index (χ0v) is 19.4. The number of nitrogens with zero attached hydrogens (tertiary/aromatic N) is 4. The van der Waals surface area contributed by atoms with Gasteiger partial charge in [-0.1, -0.05) is 12.1 Å². The van der Waals surface area contributed by atoms with Crippen LogP contribution >= 0.6 is 15.9 Å². The number of hydrogen-bond acceptors (Lipinski definition) is 6. The predicted molar refractivity (Wildman–Crippen MR) is 128 cm³/mol. The summed E-state index contributed by atoms with van der Waals surface area (Å²) in [5.41, 5.74) is 1.53. The smallest absolute Gasteiger partial charge is 0.252 e. The van der Waals surface area contributed by atoms with E-state index in [1.54, 1.807) is 18.5 Å². The third kappa shape index (κ3) is 5.31. The van der Waals surface area contributed by atoms with Gasteiger partial charge in [0.1, 0.15) is 5.82 Å². The summed E-state index contributed by atoms with van der Waals surface area (Å²) in [4.78, 5) is 27.9. The van der Waals surface area contributed by atoms with Crippen molar-refractivity contribution in [1.82, 2.24) is 20.3 Å². The summed E-state index contributed by atoms with van der Waals surface area (Å²) >= 11 is 3.36. The van der Waals surface area contributed by atoms with E-state index >= 15 is 0 Å². The SMILES string of the molecule is CN(C)c1nc(NC2CCC(CNC(=O)c3cncc(Br)c3)CC2)nc2ccccc12. The van der Waals surface area contributed by atoms with Crippen LogP contribution in [0.4, 0.5) is 11.8 Å². The minimum atomic E-state index is -0.0742. The molecule has 1 aliphatic carbocycles. The van der Waals surface area contributed by atoms with E-state index in [1.807, 2.05) is 37.2 Å². The largest absolute Gasteiger partial charge is 0.362 e. The molecule has 8 heteroatoms. The summed E-state index contributed by atoms with van der Waals surface area (Å²) < 4.78 is 0.806. The molecule has 0 bridgehead atoms. The molecule has 1 fully saturated rings. The molecule has 4 rings (SSSR count). The van der Waals surface area contributed by atoms with Gasteiger partial charge in [0.15, 0.2) is 0 Å². The molecule has 0 radical (unpaired) electrons. The molecule has 1 saturated carbocycles. The third-order valence-electron chi connectivity index (χ3n) is 5.71. The first-order chi connectivity index (χ1) is 15.0. The molecule has 162 valence electrons. The highest BCUT2D eigenvalue weighted by molar-refractivity contribution is 9.10. The van der Waals surface area contributed by atoms with Crippen LogP contribution in [0.2, 0.25) is 0 Å². The van der Waals surface area contributed by atoms with E-state index in [2.05, 4.69) is 37.6 Å². The highest BCUT2D eigenvalue weighted by Crippen LogP contribution is 2.28. The number of anilines is 2. The molecule has 1 amide bonds. The number of nitrogens with one attached hydrogen (secondary N) is 2. The number of carbonyl (C=O) groups excluding carboxylic acids is 1. The molecule has 0 spiro atoms. The number of pyridine rings is 1. The third-order valence-corrected chi connectivity index (χ3v) is 6.14. The Morgan fingerprint density at radius 3 is 2.65 bits per heavy atom. The van der Waals surface area contributed by atoms with Crippen LogP contribution in [0.25, 0.3) is 10.9 Å². The lowest BCUT2D eigenvalue weighted by Crippen LogP contribution is -2.34. The molecule has 31 heavy (non-hydrogen) atoms. The van der Waals surface area contributed by atoms with Gasteiger partial charge in [-0.3, -0.25) is 9.78 Å². The lowest BCUT2D eigenvalue weighted by Gasteiger charge is -2.29. The van der Waals surface area contributed by atoms with Gasteiger partial charge in [-0.15, -0.1) is 0 Å². The van der Waals surface area contributed by atoms with E-state index < -0.39 is 0 Å². The first-order valence-corrected chi connectivity index (χ1v) is 11.4. The maximum absolute atomic E-state index is 12.3. The van der Waals surface area contributed by atoms with E-state index in [-0.39, 0.29) is 5.91 Å². The molecule has 2 heterocycles. The van der Waals surface area contributed by atoms with Crippen molar-refractivity contribution >= 4 is 44.5 Å². The van der Waals surface area contributed by atoms with Crippen molar-refractivity contribution in [2.24, 2.45) is 5.92 Å². The second kappa shape index (κ2) is 9.60. The summed E-state index contributed by atoms with van der Waals surface area (Å²) in [5, 5.41) is 7.64. The van der Waals surface area contributed by atoms with Crippen molar-refractivity contribution in [3.8, 4) is 0 Å². The summed E-state index contributed by atoms with van der Waals surface area (Å²) in [7, 11) is 4.00. The molecule has 1 aromatic carbocycles. The fraction of sp³-hybridized carbons (Fsp3) is 0.391. The summed E-state index contributed by atoms with van der Waals surface area (Å²) in [6.45, 7) is 0.690. The average Bonchev–Trinajstić information content (AvgIpc) is 2.77. The Labute approximate surface area is 190 Å². The number of aromatic nitrogens is 3. The van der Waals surface area contributed by atoms with Crippen molar-refractivity contribution in [1.29, 1.82) is 0 Å². The standard InChI is InChI=1S/C23H27BrN6O/c1-30(2)21-19-5-3-4-6-20(19)28-23(29-21)27-18-9-7-15(8-10-18)12-26-22(31)16-11-17(24)14-25-13-16/h3-6,11,13-15,18H,7-10,12H2,1-2H3,(H,26,31)(H,27,28,29). The highest BCUT2D eigenvalue weighted by atomic mass is 79.9. The normalized spacial score (nSPS) is 18.5. The van der Waals surface area contributed by atoms with Crippen molar-refractivity contribution in [2.75, 3.05) is 30.9 Å². The van der Waals surface area contributed by atoms with Crippen molar-refractivity contribution in [3.05, 3.63) is 52.8 Å². The number of amides is 1. The van der Waals surface area contributed by atoms with Gasteiger partial charge in [0, 0.05) is 48.9 Å². The molecule has 0 saturated heterocycles. The molecular weight excluding hydrogens is 456 g/mol. The molecule has 1 aliphatic rings. The van der Waals surface area contributed by atoms with Crippen LogP contribution in [0.15, 0.2) is 47.2 Å². The molecule has 0 aliphatic heterocycles. The zero-order valence-electron chi connectivity index (χ0n) is 17.8. The second-order valence-electron chi connectivity index (χ2n) is 8.25. The minimum Gasteiger partial charge on any atom is -0.362 e. The number of carbonyl (C=O) groups is 1. The van der Waals surface area contributed by atoms with Gasteiger partial charge in [-0.2, -0.15) is 4.98 Å². The van der Waals surface area contributed by atoms with Crippen molar-refractivity contribution < 1.29 is 4.79 Å². The van der Waals surface area contributed by atoms with Gasteiger partial charge in [0.2, 0.25) is 5.95 Å². The van der Waals surface area contributed by atoms with Crippen molar-refractivity contribution in [3.63, 3.8) is 0 Å². The zero-order chi connectivity index (χ0) is 21.8. The average molecular weight is 483 g/mol. The van der Waals surface area contributed by atoms with E-state index in [9.17, 15) is 4.79 Å². The Morgan fingerprint density at radius 2 is 1.90 bits per heavy atom. The van der Waals surface area contributed by atoms with Crippen LogP contribution in [-0.2, 0) is 0 Å². The lowest BCUT2D eigenvalue weighted by atomic mass is 9.86. The van der Waals surface area contributed by atoms with Crippen LogP contribution in [0.5, 0.6) is 0 Å². The molecular formula is C23H27BrN6O. The molecule has 2 N–H and O–H groups in total. The summed E-state index contributed by atoms with van der Waals surface area (Å²) in [5.74, 6) is 2.01. The second-order valence-corrected chi connectivity index (χ2v) is 9.16. The number of rotatable bonds is 6.